The molecule has 0 aliphatic carbocycles. The van der Waals surface area contributed by atoms with Gasteiger partial charge >= 0.3 is 0 Å². The lowest BCUT2D eigenvalue weighted by Crippen LogP contribution is -2.49. The number of hydrogen-bond acceptors (Lipinski definition) is 5. The van der Waals surface area contributed by atoms with Crippen molar-refractivity contribution in [3.05, 3.63) is 46.1 Å². The molecule has 0 spiro atoms. The first-order chi connectivity index (χ1) is 11.1. The highest BCUT2D eigenvalue weighted by atomic mass is 79.9. The number of hydrogen-bond donors (Lipinski definition) is 0. The summed E-state index contributed by atoms with van der Waals surface area (Å²) < 4.78 is 6.31. The number of piperazine rings is 1. The highest BCUT2D eigenvalue weighted by Crippen LogP contribution is 2.15. The van der Waals surface area contributed by atoms with Gasteiger partial charge in [0.2, 0.25) is 11.8 Å². The van der Waals surface area contributed by atoms with Crippen molar-refractivity contribution in [3.8, 4) is 0 Å². The van der Waals surface area contributed by atoms with Crippen molar-refractivity contribution in [1.29, 1.82) is 0 Å². The number of nitrogens with zero attached hydrogens (tertiary/aromatic N) is 4. The molecule has 2 aromatic rings. The van der Waals surface area contributed by atoms with Gasteiger partial charge in [0.05, 0.1) is 0 Å². The molecule has 1 saturated heterocycles. The number of benzene rings is 1. The van der Waals surface area contributed by atoms with Crippen molar-refractivity contribution < 1.29 is 9.21 Å². The quantitative estimate of drug-likeness (QED) is 0.815. The van der Waals surface area contributed by atoms with Crippen LogP contribution in [0.25, 0.3) is 0 Å². The van der Waals surface area contributed by atoms with Crippen LogP contribution in [0.1, 0.15) is 22.1 Å². The Hall–Kier alpha value is -1.73. The summed E-state index contributed by atoms with van der Waals surface area (Å²) in [6.45, 7) is 5.89. The van der Waals surface area contributed by atoms with Crippen molar-refractivity contribution >= 4 is 21.8 Å². The van der Waals surface area contributed by atoms with E-state index < -0.39 is 0 Å². The maximum Gasteiger partial charge on any atom is 0.253 e. The molecule has 3 rings (SSSR count). The first kappa shape index (κ1) is 16.1. The number of amides is 1. The van der Waals surface area contributed by atoms with Gasteiger partial charge in [0.25, 0.3) is 5.91 Å². The standard InChI is InChI=1S/C16H19BrN4O2/c1-12-18-19-15(23-12)5-6-20-7-9-21(10-8-20)16(22)13-3-2-4-14(17)11-13/h2-4,11H,5-10H2,1H3. The second kappa shape index (κ2) is 7.23. The van der Waals surface area contributed by atoms with Crippen molar-refractivity contribution in [2.24, 2.45) is 0 Å². The van der Waals surface area contributed by atoms with Gasteiger partial charge < -0.3 is 9.32 Å². The largest absolute Gasteiger partial charge is 0.426 e. The van der Waals surface area contributed by atoms with E-state index in [1.165, 1.54) is 0 Å². The third-order valence-electron chi connectivity index (χ3n) is 3.94. The second-order valence-corrected chi connectivity index (χ2v) is 6.52. The summed E-state index contributed by atoms with van der Waals surface area (Å²) >= 11 is 3.41. The van der Waals surface area contributed by atoms with E-state index in [-0.39, 0.29) is 5.91 Å². The topological polar surface area (TPSA) is 62.5 Å². The molecular weight excluding hydrogens is 360 g/mol. The Morgan fingerprint density at radius 3 is 2.70 bits per heavy atom. The highest BCUT2D eigenvalue weighted by Gasteiger charge is 2.22. The first-order valence-corrected chi connectivity index (χ1v) is 8.47. The van der Waals surface area contributed by atoms with Crippen molar-refractivity contribution in [1.82, 2.24) is 20.0 Å². The maximum atomic E-state index is 12.5. The summed E-state index contributed by atoms with van der Waals surface area (Å²) in [4.78, 5) is 16.7. The van der Waals surface area contributed by atoms with Crippen LogP contribution >= 0.6 is 15.9 Å². The molecule has 1 aliphatic rings. The third kappa shape index (κ3) is 4.17. The summed E-state index contributed by atoms with van der Waals surface area (Å²) in [6, 6.07) is 7.54. The van der Waals surface area contributed by atoms with Crippen LogP contribution in [-0.2, 0) is 6.42 Å². The minimum absolute atomic E-state index is 0.0958. The molecule has 0 bridgehead atoms. The Morgan fingerprint density at radius 1 is 1.26 bits per heavy atom. The van der Waals surface area contributed by atoms with Crippen molar-refractivity contribution in [2.45, 2.75) is 13.3 Å². The molecular formula is C16H19BrN4O2. The van der Waals surface area contributed by atoms with E-state index in [0.29, 0.717) is 11.8 Å². The van der Waals surface area contributed by atoms with E-state index in [1.807, 2.05) is 29.2 Å². The van der Waals surface area contributed by atoms with Crippen LogP contribution < -0.4 is 0 Å². The molecule has 1 aromatic carbocycles. The molecule has 122 valence electrons. The summed E-state index contributed by atoms with van der Waals surface area (Å²) in [5.74, 6) is 1.37. The van der Waals surface area contributed by atoms with Gasteiger partial charge in [-0.15, -0.1) is 10.2 Å². The smallest absolute Gasteiger partial charge is 0.253 e. The summed E-state index contributed by atoms with van der Waals surface area (Å²) in [5, 5.41) is 7.84. The average Bonchev–Trinajstić information content (AvgIpc) is 2.98. The molecule has 1 fully saturated rings. The van der Waals surface area contributed by atoms with E-state index in [4.69, 9.17) is 4.42 Å². The normalized spacial score (nSPS) is 15.8. The monoisotopic (exact) mass is 378 g/mol. The Kier molecular flexibility index (Phi) is 5.07. The predicted molar refractivity (Wildman–Crippen MR) is 89.2 cm³/mol. The van der Waals surface area contributed by atoms with Gasteiger partial charge in [-0.25, -0.2) is 0 Å². The second-order valence-electron chi connectivity index (χ2n) is 5.61. The van der Waals surface area contributed by atoms with Crippen LogP contribution in [0.2, 0.25) is 0 Å². The Balaban J connectivity index is 1.49. The van der Waals surface area contributed by atoms with Gasteiger partial charge in [0.15, 0.2) is 0 Å². The fourth-order valence-corrected chi connectivity index (χ4v) is 3.07. The SMILES string of the molecule is Cc1nnc(CCN2CCN(C(=O)c3cccc(Br)c3)CC2)o1. The Labute approximate surface area is 143 Å². The molecule has 0 saturated carbocycles. The Morgan fingerprint density at radius 2 is 2.04 bits per heavy atom. The molecule has 0 N–H and O–H groups in total. The number of carbonyl (C=O) groups excluding carboxylic acids is 1. The summed E-state index contributed by atoms with van der Waals surface area (Å²) in [5.41, 5.74) is 0.731. The minimum Gasteiger partial charge on any atom is -0.426 e. The number of halogens is 1. The molecule has 1 aromatic heterocycles. The Bertz CT molecular complexity index is 680. The van der Waals surface area contributed by atoms with Crippen LogP contribution in [-0.4, -0.2) is 58.6 Å². The zero-order valence-electron chi connectivity index (χ0n) is 13.0. The minimum atomic E-state index is 0.0958. The van der Waals surface area contributed by atoms with Crippen LogP contribution in [0, 0.1) is 6.92 Å². The van der Waals surface area contributed by atoms with Crippen molar-refractivity contribution in [2.75, 3.05) is 32.7 Å². The first-order valence-electron chi connectivity index (χ1n) is 7.68. The molecule has 0 unspecified atom stereocenters. The maximum absolute atomic E-state index is 12.5. The predicted octanol–water partition coefficient (Wildman–Crippen LogP) is 2.14. The van der Waals surface area contributed by atoms with Crippen LogP contribution in [0.4, 0.5) is 0 Å². The fourth-order valence-electron chi connectivity index (χ4n) is 2.67. The number of carbonyl (C=O) groups is 1. The van der Waals surface area contributed by atoms with E-state index in [9.17, 15) is 4.79 Å². The molecule has 1 aliphatic heterocycles. The number of rotatable bonds is 4. The van der Waals surface area contributed by atoms with Crippen molar-refractivity contribution in [3.63, 3.8) is 0 Å². The summed E-state index contributed by atoms with van der Waals surface area (Å²) in [7, 11) is 0. The van der Waals surface area contributed by atoms with Crippen LogP contribution in [0.3, 0.4) is 0 Å². The zero-order chi connectivity index (χ0) is 16.2. The lowest BCUT2D eigenvalue weighted by atomic mass is 10.2. The van der Waals surface area contributed by atoms with Gasteiger partial charge in [0.1, 0.15) is 0 Å². The number of aromatic nitrogens is 2. The number of aryl methyl sites for hydroxylation is 1. The average molecular weight is 379 g/mol. The third-order valence-corrected chi connectivity index (χ3v) is 4.43. The van der Waals surface area contributed by atoms with E-state index in [1.54, 1.807) is 6.92 Å². The van der Waals surface area contributed by atoms with Gasteiger partial charge in [-0.1, -0.05) is 22.0 Å². The highest BCUT2D eigenvalue weighted by molar-refractivity contribution is 9.10. The van der Waals surface area contributed by atoms with E-state index in [2.05, 4.69) is 31.0 Å². The molecule has 0 atom stereocenters. The summed E-state index contributed by atoms with van der Waals surface area (Å²) in [6.07, 6.45) is 0.750. The van der Waals surface area contributed by atoms with Gasteiger partial charge in [-0.05, 0) is 18.2 Å². The molecule has 7 heteroatoms. The van der Waals surface area contributed by atoms with Gasteiger partial charge in [-0.3, -0.25) is 9.69 Å². The van der Waals surface area contributed by atoms with Gasteiger partial charge in [-0.2, -0.15) is 0 Å². The molecule has 0 radical (unpaired) electrons. The lowest BCUT2D eigenvalue weighted by molar-refractivity contribution is 0.0636. The molecule has 23 heavy (non-hydrogen) atoms. The van der Waals surface area contributed by atoms with Crippen LogP contribution in [0.15, 0.2) is 33.2 Å². The molecule has 6 nitrogen and oxygen atoms in total. The van der Waals surface area contributed by atoms with E-state index >= 15 is 0 Å². The fraction of sp³-hybridized carbons (Fsp3) is 0.438. The van der Waals surface area contributed by atoms with E-state index in [0.717, 1.165) is 49.2 Å². The molecule has 1 amide bonds. The lowest BCUT2D eigenvalue weighted by Gasteiger charge is -2.34. The molecule has 2 heterocycles. The van der Waals surface area contributed by atoms with Crippen LogP contribution in [0.5, 0.6) is 0 Å². The zero-order valence-corrected chi connectivity index (χ0v) is 14.6. The van der Waals surface area contributed by atoms with Gasteiger partial charge in [0, 0.05) is 56.1 Å².